The molecule has 0 amide bonds. The van der Waals surface area contributed by atoms with Gasteiger partial charge in [0.25, 0.3) is 0 Å². The third-order valence-electron chi connectivity index (χ3n) is 9.09. The number of hydrogen-bond donors (Lipinski definition) is 0. The Morgan fingerprint density at radius 3 is 2.10 bits per heavy atom. The fourth-order valence-electron chi connectivity index (χ4n) is 7.41. The molecule has 2 aliphatic heterocycles. The summed E-state index contributed by atoms with van der Waals surface area (Å²) in [5.41, 5.74) is 3.08. The molecule has 7 rings (SSSR count). The van der Waals surface area contributed by atoms with E-state index >= 15 is 0 Å². The Balaban J connectivity index is 1.48. The summed E-state index contributed by atoms with van der Waals surface area (Å²) in [7, 11) is 0. The van der Waals surface area contributed by atoms with Crippen molar-refractivity contribution in [2.75, 3.05) is 4.90 Å². The average Bonchev–Trinajstić information content (AvgIpc) is 3.43. The van der Waals surface area contributed by atoms with Gasteiger partial charge in [-0.3, -0.25) is 14.4 Å². The van der Waals surface area contributed by atoms with Crippen molar-refractivity contribution in [2.45, 2.75) is 38.3 Å². The van der Waals surface area contributed by atoms with Crippen LogP contribution in [-0.2, 0) is 6.42 Å². The van der Waals surface area contributed by atoms with E-state index < -0.39 is 29.2 Å². The zero-order chi connectivity index (χ0) is 29.2. The van der Waals surface area contributed by atoms with Crippen LogP contribution in [0.3, 0.4) is 0 Å². The highest BCUT2D eigenvalue weighted by Gasteiger charge is 2.71. The van der Waals surface area contributed by atoms with Gasteiger partial charge in [0.2, 0.25) is 0 Å². The van der Waals surface area contributed by atoms with Crippen molar-refractivity contribution < 1.29 is 18.8 Å². The SMILES string of the molecule is CC(C)Cc1ccc(C(=O)[C@@H]2[C@H](c3ccc(F)cc3)C3(C(=O)c4ccccc4C3=O)[C@@H]3C=Cc4ccccc4N23)cc1. The van der Waals surface area contributed by atoms with E-state index in [9.17, 15) is 18.8 Å². The van der Waals surface area contributed by atoms with Gasteiger partial charge in [-0.25, -0.2) is 4.39 Å². The third-order valence-corrected chi connectivity index (χ3v) is 9.09. The molecule has 0 unspecified atom stereocenters. The number of ketones is 3. The molecule has 2 heterocycles. The molecule has 3 atom stereocenters. The molecule has 4 aromatic carbocycles. The lowest BCUT2D eigenvalue weighted by Gasteiger charge is -2.37. The molecule has 0 bridgehead atoms. The Morgan fingerprint density at radius 2 is 1.45 bits per heavy atom. The van der Waals surface area contributed by atoms with Crippen LogP contribution in [0.25, 0.3) is 6.08 Å². The summed E-state index contributed by atoms with van der Waals surface area (Å²) in [4.78, 5) is 46.0. The van der Waals surface area contributed by atoms with Gasteiger partial charge < -0.3 is 4.90 Å². The first-order valence-corrected chi connectivity index (χ1v) is 14.4. The van der Waals surface area contributed by atoms with Crippen LogP contribution in [0.1, 0.15) is 67.5 Å². The first kappa shape index (κ1) is 26.3. The number of anilines is 1. The van der Waals surface area contributed by atoms with Crippen molar-refractivity contribution in [3.05, 3.63) is 142 Å². The predicted molar refractivity (Wildman–Crippen MR) is 162 cm³/mol. The molecule has 1 aliphatic carbocycles. The second kappa shape index (κ2) is 9.73. The molecule has 1 fully saturated rings. The molecule has 5 heteroatoms. The highest BCUT2D eigenvalue weighted by atomic mass is 19.1. The van der Waals surface area contributed by atoms with Gasteiger partial charge in [0.1, 0.15) is 17.3 Å². The van der Waals surface area contributed by atoms with Crippen LogP contribution in [0.2, 0.25) is 0 Å². The second-order valence-corrected chi connectivity index (χ2v) is 12.0. The molecule has 0 N–H and O–H groups in total. The van der Waals surface area contributed by atoms with Gasteiger partial charge in [-0.2, -0.15) is 0 Å². The summed E-state index contributed by atoms with van der Waals surface area (Å²) in [6.07, 6.45) is 4.74. The molecule has 4 nitrogen and oxygen atoms in total. The van der Waals surface area contributed by atoms with Crippen molar-refractivity contribution in [3.63, 3.8) is 0 Å². The van der Waals surface area contributed by atoms with Crippen LogP contribution < -0.4 is 4.90 Å². The van der Waals surface area contributed by atoms with Crippen LogP contribution in [-0.4, -0.2) is 29.4 Å². The summed E-state index contributed by atoms with van der Waals surface area (Å²) < 4.78 is 14.2. The summed E-state index contributed by atoms with van der Waals surface area (Å²) >= 11 is 0. The average molecular weight is 556 g/mol. The minimum atomic E-state index is -1.59. The summed E-state index contributed by atoms with van der Waals surface area (Å²) in [5.74, 6) is -1.57. The highest BCUT2D eigenvalue weighted by Crippen LogP contribution is 2.60. The minimum absolute atomic E-state index is 0.177. The van der Waals surface area contributed by atoms with Gasteiger partial charge in [0, 0.05) is 28.3 Å². The quantitative estimate of drug-likeness (QED) is 0.191. The van der Waals surface area contributed by atoms with E-state index in [1.54, 1.807) is 36.4 Å². The number of fused-ring (bicyclic) bond motifs is 5. The van der Waals surface area contributed by atoms with Crippen LogP contribution in [0.15, 0.2) is 103 Å². The number of nitrogens with zero attached hydrogens (tertiary/aromatic N) is 1. The van der Waals surface area contributed by atoms with E-state index in [4.69, 9.17) is 0 Å². The van der Waals surface area contributed by atoms with Crippen molar-refractivity contribution in [2.24, 2.45) is 11.3 Å². The molecule has 1 spiro atoms. The number of benzene rings is 4. The number of halogens is 1. The smallest absolute Gasteiger partial charge is 0.185 e. The predicted octanol–water partition coefficient (Wildman–Crippen LogP) is 7.34. The second-order valence-electron chi connectivity index (χ2n) is 12.0. The number of Topliss-reactive ketones (excluding diaryl/α,β-unsaturated/α-hetero) is 3. The third kappa shape index (κ3) is 3.69. The molecule has 208 valence electrons. The zero-order valence-electron chi connectivity index (χ0n) is 23.5. The van der Waals surface area contributed by atoms with E-state index in [0.29, 0.717) is 28.2 Å². The fourth-order valence-corrected chi connectivity index (χ4v) is 7.41. The van der Waals surface area contributed by atoms with Crippen molar-refractivity contribution in [1.29, 1.82) is 0 Å². The van der Waals surface area contributed by atoms with E-state index in [1.165, 1.54) is 12.1 Å². The van der Waals surface area contributed by atoms with Gasteiger partial charge in [-0.05, 0) is 47.2 Å². The largest absolute Gasteiger partial charge is 0.352 e. The van der Waals surface area contributed by atoms with Crippen molar-refractivity contribution in [1.82, 2.24) is 0 Å². The van der Waals surface area contributed by atoms with Gasteiger partial charge >= 0.3 is 0 Å². The number of carbonyl (C=O) groups excluding carboxylic acids is 3. The molecule has 4 aromatic rings. The normalized spacial score (nSPS) is 21.5. The first-order chi connectivity index (χ1) is 20.3. The Labute approximate surface area is 244 Å². The van der Waals surface area contributed by atoms with Crippen LogP contribution >= 0.6 is 0 Å². The maximum atomic E-state index is 14.8. The molecule has 42 heavy (non-hydrogen) atoms. The number of hydrogen-bond acceptors (Lipinski definition) is 4. The summed E-state index contributed by atoms with van der Waals surface area (Å²) in [6.45, 7) is 4.30. The highest BCUT2D eigenvalue weighted by molar-refractivity contribution is 6.32. The maximum Gasteiger partial charge on any atom is 0.185 e. The number of para-hydroxylation sites is 1. The van der Waals surface area contributed by atoms with Crippen molar-refractivity contribution >= 4 is 29.1 Å². The van der Waals surface area contributed by atoms with Gasteiger partial charge in [0.05, 0.1) is 6.04 Å². The Hall–Kier alpha value is -4.64. The lowest BCUT2D eigenvalue weighted by molar-refractivity contribution is 0.0666. The van der Waals surface area contributed by atoms with E-state index in [1.807, 2.05) is 65.6 Å². The Bertz CT molecular complexity index is 1730. The number of carbonyl (C=O) groups is 3. The van der Waals surface area contributed by atoms with Gasteiger partial charge in [-0.1, -0.05) is 105 Å². The monoisotopic (exact) mass is 555 g/mol. The van der Waals surface area contributed by atoms with Crippen molar-refractivity contribution in [3.8, 4) is 0 Å². The molecule has 0 aromatic heterocycles. The molecule has 0 saturated carbocycles. The first-order valence-electron chi connectivity index (χ1n) is 14.4. The zero-order valence-corrected chi connectivity index (χ0v) is 23.5. The summed E-state index contributed by atoms with van der Waals surface area (Å²) in [6, 6.07) is 26.6. The van der Waals surface area contributed by atoms with E-state index in [2.05, 4.69) is 13.8 Å². The minimum Gasteiger partial charge on any atom is -0.352 e. The van der Waals surface area contributed by atoms with Gasteiger partial charge in [-0.15, -0.1) is 0 Å². The van der Waals surface area contributed by atoms with Crippen LogP contribution in [0.4, 0.5) is 10.1 Å². The molecule has 3 aliphatic rings. The van der Waals surface area contributed by atoms with Crippen LogP contribution in [0, 0.1) is 17.2 Å². The standard InChI is InChI=1S/C37H30FNO3/c1-22(2)21-23-11-13-26(14-12-23)34(40)33-32(25-15-18-27(38)19-16-25)37(35(41)28-8-4-5-9-29(28)36(37)42)31-20-17-24-7-3-6-10-30(24)39(31)33/h3-20,22,31-33H,21H2,1-2H3/t31-,32-,33-/m0/s1. The Kier molecular flexibility index (Phi) is 6.09. The molecule has 0 radical (unpaired) electrons. The van der Waals surface area contributed by atoms with E-state index in [0.717, 1.165) is 23.2 Å². The number of rotatable bonds is 5. The van der Waals surface area contributed by atoms with E-state index in [-0.39, 0.29) is 17.3 Å². The fraction of sp³-hybridized carbons (Fsp3) is 0.216. The molecule has 1 saturated heterocycles. The van der Waals surface area contributed by atoms with Gasteiger partial charge in [0.15, 0.2) is 17.3 Å². The molecular formula is C37H30FNO3. The Morgan fingerprint density at radius 1 is 0.833 bits per heavy atom. The lowest BCUT2D eigenvalue weighted by atomic mass is 9.64. The maximum absolute atomic E-state index is 14.8. The summed E-state index contributed by atoms with van der Waals surface area (Å²) in [5, 5.41) is 0. The van der Waals surface area contributed by atoms with Crippen LogP contribution in [0.5, 0.6) is 0 Å². The molecular weight excluding hydrogens is 525 g/mol. The lowest BCUT2D eigenvalue weighted by Crippen LogP contribution is -2.48. The topological polar surface area (TPSA) is 54.5 Å².